The fourth-order valence-electron chi connectivity index (χ4n) is 2.22. The highest BCUT2D eigenvalue weighted by Crippen LogP contribution is 2.39. The van der Waals surface area contributed by atoms with E-state index >= 15 is 0 Å². The predicted molar refractivity (Wildman–Crippen MR) is 76.9 cm³/mol. The standard InChI is InChI=1S/C11H16ClN3O2S2/c1-18-11(4-2-3-5-11)8-15-19(16,17)9-6-13-10(12)14-7-9/h6-7,15H,2-5,8H2,1H3. The molecule has 0 unspecified atom stereocenters. The van der Waals surface area contributed by atoms with Gasteiger partial charge in [0.2, 0.25) is 15.3 Å². The van der Waals surface area contributed by atoms with Gasteiger partial charge < -0.3 is 0 Å². The molecule has 0 bridgehead atoms. The number of hydrogen-bond donors (Lipinski definition) is 1. The van der Waals surface area contributed by atoms with Gasteiger partial charge in [-0.05, 0) is 30.7 Å². The molecule has 2 rings (SSSR count). The molecular weight excluding hydrogens is 306 g/mol. The molecule has 0 spiro atoms. The van der Waals surface area contributed by atoms with Crippen molar-refractivity contribution in [3.63, 3.8) is 0 Å². The number of nitrogens with zero attached hydrogens (tertiary/aromatic N) is 2. The van der Waals surface area contributed by atoms with Crippen LogP contribution in [-0.4, -0.2) is 35.9 Å². The molecule has 1 aliphatic rings. The highest BCUT2D eigenvalue weighted by molar-refractivity contribution is 8.00. The summed E-state index contributed by atoms with van der Waals surface area (Å²) < 4.78 is 26.9. The zero-order chi connectivity index (χ0) is 13.9. The van der Waals surface area contributed by atoms with E-state index < -0.39 is 10.0 Å². The summed E-state index contributed by atoms with van der Waals surface area (Å²) in [7, 11) is -3.56. The number of hydrogen-bond acceptors (Lipinski definition) is 5. The molecule has 1 aromatic rings. The summed E-state index contributed by atoms with van der Waals surface area (Å²) in [6, 6.07) is 0. The van der Waals surface area contributed by atoms with Crippen molar-refractivity contribution in [3.8, 4) is 0 Å². The lowest BCUT2D eigenvalue weighted by atomic mass is 10.1. The third kappa shape index (κ3) is 3.59. The summed E-state index contributed by atoms with van der Waals surface area (Å²) >= 11 is 7.29. The average Bonchev–Trinajstić information content (AvgIpc) is 2.87. The number of thioether (sulfide) groups is 1. The van der Waals surface area contributed by atoms with Crippen LogP contribution in [0.25, 0.3) is 0 Å². The van der Waals surface area contributed by atoms with Crippen LogP contribution < -0.4 is 4.72 Å². The first kappa shape index (κ1) is 15.0. The van der Waals surface area contributed by atoms with E-state index in [0.717, 1.165) is 25.7 Å². The minimum atomic E-state index is -3.56. The molecule has 106 valence electrons. The molecule has 8 heteroatoms. The Morgan fingerprint density at radius 3 is 2.47 bits per heavy atom. The largest absolute Gasteiger partial charge is 0.243 e. The number of aromatic nitrogens is 2. The van der Waals surface area contributed by atoms with Crippen molar-refractivity contribution in [2.45, 2.75) is 35.3 Å². The Balaban J connectivity index is 2.07. The average molecular weight is 322 g/mol. The third-order valence-corrected chi connectivity index (χ3v) is 6.41. The van der Waals surface area contributed by atoms with E-state index in [0.29, 0.717) is 6.54 Å². The van der Waals surface area contributed by atoms with Crippen LogP contribution in [0.5, 0.6) is 0 Å². The normalized spacial score (nSPS) is 18.6. The van der Waals surface area contributed by atoms with E-state index in [1.807, 2.05) is 6.26 Å². The Bertz CT molecular complexity index is 527. The van der Waals surface area contributed by atoms with E-state index in [4.69, 9.17) is 11.6 Å². The number of halogens is 1. The van der Waals surface area contributed by atoms with Crippen molar-refractivity contribution in [3.05, 3.63) is 17.7 Å². The minimum absolute atomic E-state index is 0.0281. The van der Waals surface area contributed by atoms with Gasteiger partial charge in [-0.3, -0.25) is 0 Å². The Morgan fingerprint density at radius 1 is 1.37 bits per heavy atom. The van der Waals surface area contributed by atoms with Crippen molar-refractivity contribution in [2.24, 2.45) is 0 Å². The van der Waals surface area contributed by atoms with Gasteiger partial charge in [-0.1, -0.05) is 12.8 Å². The van der Waals surface area contributed by atoms with E-state index in [2.05, 4.69) is 14.7 Å². The van der Waals surface area contributed by atoms with Gasteiger partial charge in [0, 0.05) is 11.3 Å². The highest BCUT2D eigenvalue weighted by Gasteiger charge is 2.34. The summed E-state index contributed by atoms with van der Waals surface area (Å²) in [5, 5.41) is 0.0373. The Labute approximate surface area is 122 Å². The first-order valence-corrected chi connectivity index (χ1v) is 9.08. The molecule has 1 saturated carbocycles. The smallest absolute Gasteiger partial charge is 0.225 e. The fraction of sp³-hybridized carbons (Fsp3) is 0.636. The Morgan fingerprint density at radius 2 is 1.95 bits per heavy atom. The molecule has 0 atom stereocenters. The molecule has 5 nitrogen and oxygen atoms in total. The van der Waals surface area contributed by atoms with Crippen LogP contribution in [0.4, 0.5) is 0 Å². The molecule has 0 aromatic carbocycles. The van der Waals surface area contributed by atoms with Gasteiger partial charge in [-0.2, -0.15) is 11.8 Å². The van der Waals surface area contributed by atoms with Gasteiger partial charge in [0.15, 0.2) is 0 Å². The van der Waals surface area contributed by atoms with Crippen LogP contribution in [0, 0.1) is 0 Å². The van der Waals surface area contributed by atoms with Crippen molar-refractivity contribution >= 4 is 33.4 Å². The maximum absolute atomic E-state index is 12.1. The van der Waals surface area contributed by atoms with Gasteiger partial charge in [0.1, 0.15) is 4.90 Å². The van der Waals surface area contributed by atoms with Gasteiger partial charge in [0.25, 0.3) is 0 Å². The molecule has 19 heavy (non-hydrogen) atoms. The molecule has 0 saturated heterocycles. The molecule has 0 aliphatic heterocycles. The number of sulfonamides is 1. The molecule has 1 aliphatic carbocycles. The summed E-state index contributed by atoms with van der Waals surface area (Å²) in [6.45, 7) is 0.444. The molecule has 1 fully saturated rings. The maximum Gasteiger partial charge on any atom is 0.243 e. The monoisotopic (exact) mass is 321 g/mol. The van der Waals surface area contributed by atoms with Crippen LogP contribution in [0.2, 0.25) is 5.28 Å². The van der Waals surface area contributed by atoms with Gasteiger partial charge in [-0.15, -0.1) is 0 Å². The fourth-order valence-corrected chi connectivity index (χ4v) is 4.34. The summed E-state index contributed by atoms with van der Waals surface area (Å²) in [5.74, 6) is 0. The van der Waals surface area contributed by atoms with Crippen LogP contribution in [0.3, 0.4) is 0 Å². The van der Waals surface area contributed by atoms with Gasteiger partial charge in [0.05, 0.1) is 12.4 Å². The SMILES string of the molecule is CSC1(CNS(=O)(=O)c2cnc(Cl)nc2)CCCC1. The lowest BCUT2D eigenvalue weighted by molar-refractivity contribution is 0.550. The molecule has 0 radical (unpaired) electrons. The van der Waals surface area contributed by atoms with E-state index in [9.17, 15) is 8.42 Å². The lowest BCUT2D eigenvalue weighted by Gasteiger charge is -2.26. The van der Waals surface area contributed by atoms with Crippen molar-refractivity contribution in [1.82, 2.24) is 14.7 Å². The second-order valence-corrected chi connectivity index (χ2v) is 7.99. The topological polar surface area (TPSA) is 72.0 Å². The first-order chi connectivity index (χ1) is 8.97. The molecule has 1 N–H and O–H groups in total. The minimum Gasteiger partial charge on any atom is -0.225 e. The van der Waals surface area contributed by atoms with Crippen LogP contribution >= 0.6 is 23.4 Å². The predicted octanol–water partition coefficient (Wildman–Crippen LogP) is 2.08. The van der Waals surface area contributed by atoms with Gasteiger partial charge >= 0.3 is 0 Å². The molecule has 1 aromatic heterocycles. The van der Waals surface area contributed by atoms with Crippen LogP contribution in [0.1, 0.15) is 25.7 Å². The summed E-state index contributed by atoms with van der Waals surface area (Å²) in [4.78, 5) is 7.43. The summed E-state index contributed by atoms with van der Waals surface area (Å²) in [6.07, 6.45) is 8.89. The second kappa shape index (κ2) is 5.95. The highest BCUT2D eigenvalue weighted by atomic mass is 35.5. The van der Waals surface area contributed by atoms with Gasteiger partial charge in [-0.25, -0.2) is 23.1 Å². The number of rotatable bonds is 5. The third-order valence-electron chi connectivity index (χ3n) is 3.44. The molecule has 1 heterocycles. The summed E-state index contributed by atoms with van der Waals surface area (Å²) in [5.41, 5.74) is 0. The van der Waals surface area contributed by atoms with Crippen molar-refractivity contribution in [1.29, 1.82) is 0 Å². The Kier molecular flexibility index (Phi) is 4.70. The van der Waals surface area contributed by atoms with E-state index in [1.165, 1.54) is 12.4 Å². The number of nitrogens with one attached hydrogen (secondary N) is 1. The van der Waals surface area contributed by atoms with E-state index in [1.54, 1.807) is 11.8 Å². The second-order valence-electron chi connectivity index (χ2n) is 4.61. The Hall–Kier alpha value is -0.370. The lowest BCUT2D eigenvalue weighted by Crippen LogP contribution is -2.38. The first-order valence-electron chi connectivity index (χ1n) is 6.00. The quantitative estimate of drug-likeness (QED) is 0.841. The molecular formula is C11H16ClN3O2S2. The zero-order valence-electron chi connectivity index (χ0n) is 10.6. The van der Waals surface area contributed by atoms with Crippen molar-refractivity contribution in [2.75, 3.05) is 12.8 Å². The van der Waals surface area contributed by atoms with Crippen LogP contribution in [-0.2, 0) is 10.0 Å². The molecule has 0 amide bonds. The van der Waals surface area contributed by atoms with Crippen LogP contribution in [0.15, 0.2) is 17.3 Å². The van der Waals surface area contributed by atoms with E-state index in [-0.39, 0.29) is 14.9 Å². The van der Waals surface area contributed by atoms with Crippen molar-refractivity contribution < 1.29 is 8.42 Å². The maximum atomic E-state index is 12.1. The zero-order valence-corrected chi connectivity index (χ0v) is 13.0.